The lowest BCUT2D eigenvalue weighted by atomic mass is 9.95. The zero-order valence-electron chi connectivity index (χ0n) is 15.6. The molecule has 0 fully saturated rings. The highest BCUT2D eigenvalue weighted by Gasteiger charge is 2.37. The molecule has 2 heterocycles. The highest BCUT2D eigenvalue weighted by Crippen LogP contribution is 2.37. The van der Waals surface area contributed by atoms with Crippen molar-refractivity contribution in [2.45, 2.75) is 33.2 Å². The Kier molecular flexibility index (Phi) is 5.67. The van der Waals surface area contributed by atoms with Gasteiger partial charge in [-0.3, -0.25) is 14.6 Å². The number of anilines is 1. The van der Waals surface area contributed by atoms with Crippen LogP contribution in [0.1, 0.15) is 34.9 Å². The zero-order chi connectivity index (χ0) is 19.7. The van der Waals surface area contributed by atoms with E-state index in [1.54, 1.807) is 6.07 Å². The normalized spacial score (nSPS) is 17.4. The second-order valence-corrected chi connectivity index (χ2v) is 8.11. The smallest absolute Gasteiger partial charge is 0.311 e. The van der Waals surface area contributed by atoms with E-state index in [1.807, 2.05) is 39.0 Å². The Hall–Kier alpha value is -2.18. The van der Waals surface area contributed by atoms with Gasteiger partial charge in [0.05, 0.1) is 18.7 Å². The molecular weight excluding hydrogens is 384 g/mol. The van der Waals surface area contributed by atoms with Crippen LogP contribution in [0.3, 0.4) is 0 Å². The van der Waals surface area contributed by atoms with Crippen LogP contribution in [0.4, 0.5) is 5.00 Å². The molecule has 0 aliphatic carbocycles. The Balaban J connectivity index is 2.23. The number of rotatable bonds is 4. The number of carbonyl (C=O) groups excluding carboxylic acids is 2. The number of amides is 1. The van der Waals surface area contributed by atoms with E-state index in [0.717, 1.165) is 26.6 Å². The number of hydrogen-bond donors (Lipinski definition) is 1. The van der Waals surface area contributed by atoms with Crippen LogP contribution in [-0.4, -0.2) is 30.7 Å². The summed E-state index contributed by atoms with van der Waals surface area (Å²) in [6.07, 6.45) is 0.447. The molecule has 1 amide bonds. The quantitative estimate of drug-likeness (QED) is 0.769. The van der Waals surface area contributed by atoms with Crippen molar-refractivity contribution in [2.75, 3.05) is 12.4 Å². The SMILES string of the molecule is CC[C@@H](C(=O)OC)[C@@H]1N=C(c2cccc(Cl)c2)c2c(sc(C)c2C)NC1=O. The van der Waals surface area contributed by atoms with Crippen LogP contribution in [0.25, 0.3) is 0 Å². The van der Waals surface area contributed by atoms with Crippen molar-refractivity contribution in [2.24, 2.45) is 10.9 Å². The van der Waals surface area contributed by atoms with Crippen LogP contribution in [0.15, 0.2) is 29.3 Å². The lowest BCUT2D eigenvalue weighted by molar-refractivity contribution is -0.147. The van der Waals surface area contributed by atoms with E-state index in [2.05, 4.69) is 5.32 Å². The first-order valence-corrected chi connectivity index (χ1v) is 9.89. The van der Waals surface area contributed by atoms with Gasteiger partial charge in [0.25, 0.3) is 5.91 Å². The van der Waals surface area contributed by atoms with Crippen molar-refractivity contribution in [3.63, 3.8) is 0 Å². The number of nitrogens with one attached hydrogen (secondary N) is 1. The third-order valence-corrected chi connectivity index (χ3v) is 6.18. The van der Waals surface area contributed by atoms with Crippen molar-refractivity contribution in [3.8, 4) is 0 Å². The highest BCUT2D eigenvalue weighted by molar-refractivity contribution is 7.17. The molecule has 0 saturated carbocycles. The van der Waals surface area contributed by atoms with Crippen LogP contribution in [0.2, 0.25) is 5.02 Å². The van der Waals surface area contributed by atoms with Gasteiger partial charge < -0.3 is 10.1 Å². The van der Waals surface area contributed by atoms with Gasteiger partial charge in [0.1, 0.15) is 11.0 Å². The third kappa shape index (κ3) is 3.64. The van der Waals surface area contributed by atoms with E-state index in [9.17, 15) is 9.59 Å². The molecule has 3 rings (SSSR count). The average molecular weight is 405 g/mol. The number of fused-ring (bicyclic) bond motifs is 1. The lowest BCUT2D eigenvalue weighted by Gasteiger charge is -2.19. The molecule has 0 spiro atoms. The first kappa shape index (κ1) is 19.6. The molecule has 0 radical (unpaired) electrons. The second kappa shape index (κ2) is 7.82. The minimum absolute atomic E-state index is 0.299. The second-order valence-electron chi connectivity index (χ2n) is 6.45. The van der Waals surface area contributed by atoms with Crippen molar-refractivity contribution in [1.82, 2.24) is 0 Å². The molecule has 1 aliphatic rings. The van der Waals surface area contributed by atoms with Crippen molar-refractivity contribution in [3.05, 3.63) is 50.9 Å². The fraction of sp³-hybridized carbons (Fsp3) is 0.350. The molecule has 1 aromatic carbocycles. The van der Waals surface area contributed by atoms with Gasteiger partial charge in [-0.15, -0.1) is 11.3 Å². The molecule has 1 aliphatic heterocycles. The van der Waals surface area contributed by atoms with Gasteiger partial charge in [-0.05, 0) is 38.0 Å². The molecule has 7 heteroatoms. The summed E-state index contributed by atoms with van der Waals surface area (Å²) in [5.74, 6) is -1.39. The number of methoxy groups -OCH3 is 1. The molecular formula is C20H21ClN2O3S. The number of hydrogen-bond acceptors (Lipinski definition) is 5. The first-order chi connectivity index (χ1) is 12.9. The Morgan fingerprint density at radius 3 is 2.78 bits per heavy atom. The molecule has 5 nitrogen and oxygen atoms in total. The van der Waals surface area contributed by atoms with Gasteiger partial charge in [0.15, 0.2) is 0 Å². The minimum Gasteiger partial charge on any atom is -0.469 e. The van der Waals surface area contributed by atoms with E-state index in [-0.39, 0.29) is 5.91 Å². The van der Waals surface area contributed by atoms with E-state index < -0.39 is 17.9 Å². The molecule has 0 unspecified atom stereocenters. The Morgan fingerprint density at radius 1 is 1.41 bits per heavy atom. The predicted octanol–water partition coefficient (Wildman–Crippen LogP) is 4.38. The predicted molar refractivity (Wildman–Crippen MR) is 109 cm³/mol. The summed E-state index contributed by atoms with van der Waals surface area (Å²) in [5.41, 5.74) is 3.42. The minimum atomic E-state index is -0.865. The molecule has 0 saturated heterocycles. The number of aryl methyl sites for hydroxylation is 1. The number of nitrogens with zero attached hydrogens (tertiary/aromatic N) is 1. The Morgan fingerprint density at radius 2 is 2.15 bits per heavy atom. The maximum Gasteiger partial charge on any atom is 0.311 e. The van der Waals surface area contributed by atoms with Crippen LogP contribution >= 0.6 is 22.9 Å². The van der Waals surface area contributed by atoms with Crippen molar-refractivity contribution in [1.29, 1.82) is 0 Å². The maximum absolute atomic E-state index is 12.9. The summed E-state index contributed by atoms with van der Waals surface area (Å²) in [7, 11) is 1.32. The number of benzene rings is 1. The van der Waals surface area contributed by atoms with E-state index in [4.69, 9.17) is 21.3 Å². The van der Waals surface area contributed by atoms with Gasteiger partial charge in [-0.2, -0.15) is 0 Å². The number of aliphatic imine (C=N–C) groups is 1. The lowest BCUT2D eigenvalue weighted by Crippen LogP contribution is -2.37. The van der Waals surface area contributed by atoms with Crippen LogP contribution < -0.4 is 5.32 Å². The van der Waals surface area contributed by atoms with Gasteiger partial charge in [-0.25, -0.2) is 0 Å². The van der Waals surface area contributed by atoms with Gasteiger partial charge in [0, 0.05) is 21.0 Å². The largest absolute Gasteiger partial charge is 0.469 e. The van der Waals surface area contributed by atoms with Crippen molar-refractivity contribution >= 4 is 45.5 Å². The average Bonchev–Trinajstić information content (AvgIpc) is 2.83. The van der Waals surface area contributed by atoms with Gasteiger partial charge >= 0.3 is 5.97 Å². The fourth-order valence-electron chi connectivity index (χ4n) is 3.25. The first-order valence-electron chi connectivity index (χ1n) is 8.70. The molecule has 27 heavy (non-hydrogen) atoms. The van der Waals surface area contributed by atoms with Gasteiger partial charge in [-0.1, -0.05) is 30.7 Å². The number of esters is 1. The molecule has 1 aromatic heterocycles. The maximum atomic E-state index is 12.9. The summed E-state index contributed by atoms with van der Waals surface area (Å²) in [6, 6.07) is 6.51. The van der Waals surface area contributed by atoms with Gasteiger partial charge in [0.2, 0.25) is 0 Å². The topological polar surface area (TPSA) is 67.8 Å². The Labute approximate surface area is 167 Å². The summed E-state index contributed by atoms with van der Waals surface area (Å²) in [4.78, 5) is 31.0. The Bertz CT molecular complexity index is 935. The fourth-order valence-corrected chi connectivity index (χ4v) is 4.50. The molecule has 2 aromatic rings. The van der Waals surface area contributed by atoms with Crippen LogP contribution in [0, 0.1) is 19.8 Å². The molecule has 1 N–H and O–H groups in total. The summed E-state index contributed by atoms with van der Waals surface area (Å²) < 4.78 is 4.90. The summed E-state index contributed by atoms with van der Waals surface area (Å²) >= 11 is 7.71. The number of thiophene rings is 1. The summed E-state index contributed by atoms with van der Waals surface area (Å²) in [5, 5.41) is 4.30. The molecule has 142 valence electrons. The number of carbonyl (C=O) groups is 2. The monoisotopic (exact) mass is 404 g/mol. The van der Waals surface area contributed by atoms with Crippen LogP contribution in [-0.2, 0) is 14.3 Å². The highest BCUT2D eigenvalue weighted by atomic mass is 35.5. The van der Waals surface area contributed by atoms with Crippen molar-refractivity contribution < 1.29 is 14.3 Å². The summed E-state index contributed by atoms with van der Waals surface area (Å²) in [6.45, 7) is 5.87. The van der Waals surface area contributed by atoms with E-state index in [1.165, 1.54) is 18.4 Å². The standard InChI is InChI=1S/C20H21ClN2O3S/c1-5-14(20(25)26-4)17-18(24)23-19-15(10(2)11(3)27-19)16(22-17)12-7-6-8-13(21)9-12/h6-9,14,17H,5H2,1-4H3,(H,23,24)/t14-,17+/m1/s1. The van der Waals surface area contributed by atoms with E-state index in [0.29, 0.717) is 17.2 Å². The number of halogens is 1. The molecule has 0 bridgehead atoms. The molecule has 2 atom stereocenters. The third-order valence-electron chi connectivity index (χ3n) is 4.82. The zero-order valence-corrected chi connectivity index (χ0v) is 17.2. The van der Waals surface area contributed by atoms with E-state index >= 15 is 0 Å². The number of ether oxygens (including phenoxy) is 1. The van der Waals surface area contributed by atoms with Crippen LogP contribution in [0.5, 0.6) is 0 Å².